The maximum atomic E-state index is 12.3. The van der Waals surface area contributed by atoms with Crippen molar-refractivity contribution in [3.8, 4) is 5.75 Å². The van der Waals surface area contributed by atoms with E-state index in [1.54, 1.807) is 0 Å². The van der Waals surface area contributed by atoms with Crippen LogP contribution in [0.2, 0.25) is 0 Å². The Bertz CT molecular complexity index is 699. The van der Waals surface area contributed by atoms with Crippen molar-refractivity contribution in [1.82, 2.24) is 0 Å². The molecule has 0 bridgehead atoms. The number of rotatable bonds is 12. The molecule has 0 aliphatic heterocycles. The van der Waals surface area contributed by atoms with E-state index in [2.05, 4.69) is 0 Å². The van der Waals surface area contributed by atoms with Crippen LogP contribution in [0.15, 0.2) is 42.5 Å². The second-order valence-electron chi connectivity index (χ2n) is 7.99. The van der Waals surface area contributed by atoms with Gasteiger partial charge in [0.1, 0.15) is 18.1 Å². The Morgan fingerprint density at radius 3 is 2.69 bits per heavy atom. The molecule has 6 nitrogen and oxygen atoms in total. The van der Waals surface area contributed by atoms with Crippen molar-refractivity contribution in [2.45, 2.75) is 50.7 Å². The van der Waals surface area contributed by atoms with Gasteiger partial charge in [0.2, 0.25) is 0 Å². The first-order chi connectivity index (χ1) is 13.8. The van der Waals surface area contributed by atoms with Gasteiger partial charge in [-0.2, -0.15) is 0 Å². The standard InChI is InChI=1S/C22H33O6P/c1-29(26,27)14-8-3-2-7-11-19-20(22(25)15-21(19)24)13-12-17(23)16-28-18-9-5-4-6-10-18/h2,4-7,9-10,17,19-20,22-23,25H,3,8,11-16H2,1H3,(H,26,27)/b7-2-/t17-,19-,20-,22-/m1/s1. The molecule has 7 heteroatoms. The number of aliphatic hydroxyl groups excluding tert-OH is 2. The number of allylic oxidation sites excluding steroid dienone is 2. The highest BCUT2D eigenvalue weighted by Crippen LogP contribution is 2.37. The summed E-state index contributed by atoms with van der Waals surface area (Å²) < 4.78 is 16.8. The van der Waals surface area contributed by atoms with E-state index in [9.17, 15) is 24.5 Å². The van der Waals surface area contributed by atoms with E-state index in [1.807, 2.05) is 42.5 Å². The summed E-state index contributed by atoms with van der Waals surface area (Å²) in [6, 6.07) is 9.28. The lowest BCUT2D eigenvalue weighted by molar-refractivity contribution is -0.121. The highest BCUT2D eigenvalue weighted by Gasteiger charge is 2.40. The SMILES string of the molecule is CP(=O)(O)CCC/C=C\C[C@H]1C(=O)C[C@@H](O)[C@@H]1CC[C@@H](O)COc1ccccc1. The average molecular weight is 424 g/mol. The first-order valence-corrected chi connectivity index (χ1v) is 12.6. The lowest BCUT2D eigenvalue weighted by Crippen LogP contribution is -2.24. The minimum atomic E-state index is -2.96. The summed E-state index contributed by atoms with van der Waals surface area (Å²) in [6.07, 6.45) is 5.93. The van der Waals surface area contributed by atoms with E-state index in [4.69, 9.17) is 4.74 Å². The molecule has 1 aliphatic rings. The number of ketones is 1. The van der Waals surface area contributed by atoms with Crippen LogP contribution in [0.1, 0.15) is 38.5 Å². The number of hydrogen-bond acceptors (Lipinski definition) is 5. The number of carbonyl (C=O) groups excluding carboxylic acids is 1. The van der Waals surface area contributed by atoms with Crippen LogP contribution in [0.4, 0.5) is 0 Å². The van der Waals surface area contributed by atoms with Crippen molar-refractivity contribution < 1.29 is 29.2 Å². The maximum absolute atomic E-state index is 12.3. The normalized spacial score (nSPS) is 25.2. The maximum Gasteiger partial charge on any atom is 0.197 e. The average Bonchev–Trinajstić information content (AvgIpc) is 2.93. The van der Waals surface area contributed by atoms with Crippen molar-refractivity contribution in [2.24, 2.45) is 11.8 Å². The molecule has 0 spiro atoms. The molecule has 1 saturated carbocycles. The molecule has 0 heterocycles. The van der Waals surface area contributed by atoms with Crippen LogP contribution < -0.4 is 4.74 Å². The second-order valence-corrected chi connectivity index (χ2v) is 10.5. The number of para-hydroxylation sites is 1. The van der Waals surface area contributed by atoms with Gasteiger partial charge in [-0.3, -0.25) is 9.36 Å². The van der Waals surface area contributed by atoms with Crippen molar-refractivity contribution in [1.29, 1.82) is 0 Å². The fourth-order valence-corrected chi connectivity index (χ4v) is 4.53. The monoisotopic (exact) mass is 424 g/mol. The third kappa shape index (κ3) is 8.83. The molecule has 0 aromatic heterocycles. The van der Waals surface area contributed by atoms with Crippen LogP contribution in [0, 0.1) is 11.8 Å². The number of unbranched alkanes of at least 4 members (excludes halogenated alkanes) is 1. The molecule has 5 atom stereocenters. The Labute approximate surface area is 173 Å². The number of aliphatic hydroxyl groups is 2. The molecule has 1 aromatic rings. The molecular weight excluding hydrogens is 391 g/mol. The van der Waals surface area contributed by atoms with E-state index in [0.29, 0.717) is 44.0 Å². The number of ether oxygens (including phenoxy) is 1. The Morgan fingerprint density at radius 2 is 2.00 bits per heavy atom. The van der Waals surface area contributed by atoms with E-state index < -0.39 is 19.6 Å². The third-order valence-electron chi connectivity index (χ3n) is 5.35. The molecule has 1 aromatic carbocycles. The molecule has 29 heavy (non-hydrogen) atoms. The summed E-state index contributed by atoms with van der Waals surface area (Å²) in [4.78, 5) is 21.5. The minimum Gasteiger partial charge on any atom is -0.491 e. The second kappa shape index (κ2) is 11.7. The Morgan fingerprint density at radius 1 is 1.28 bits per heavy atom. The summed E-state index contributed by atoms with van der Waals surface area (Å²) in [5.74, 6) is 0.368. The fourth-order valence-electron chi connectivity index (χ4n) is 3.76. The topological polar surface area (TPSA) is 104 Å². The summed E-state index contributed by atoms with van der Waals surface area (Å²) in [5.41, 5.74) is 0. The van der Waals surface area contributed by atoms with Gasteiger partial charge in [-0.25, -0.2) is 0 Å². The van der Waals surface area contributed by atoms with Gasteiger partial charge in [0.25, 0.3) is 0 Å². The first kappa shape index (κ1) is 23.8. The van der Waals surface area contributed by atoms with Crippen LogP contribution in [0.5, 0.6) is 5.75 Å². The largest absolute Gasteiger partial charge is 0.491 e. The van der Waals surface area contributed by atoms with Gasteiger partial charge in [0.05, 0.1) is 12.2 Å². The number of benzene rings is 1. The van der Waals surface area contributed by atoms with Gasteiger partial charge in [-0.1, -0.05) is 30.4 Å². The summed E-state index contributed by atoms with van der Waals surface area (Å²) in [5, 5.41) is 20.5. The number of hydrogen-bond donors (Lipinski definition) is 3. The van der Waals surface area contributed by atoms with Crippen molar-refractivity contribution in [2.75, 3.05) is 19.4 Å². The van der Waals surface area contributed by atoms with Gasteiger partial charge in [0, 0.05) is 25.2 Å². The summed E-state index contributed by atoms with van der Waals surface area (Å²) in [7, 11) is -2.96. The Balaban J connectivity index is 1.75. The fraction of sp³-hybridized carbons (Fsp3) is 0.591. The Hall–Kier alpha value is -1.46. The highest BCUT2D eigenvalue weighted by atomic mass is 31.2. The van der Waals surface area contributed by atoms with Crippen molar-refractivity contribution >= 4 is 13.2 Å². The predicted molar refractivity (Wildman–Crippen MR) is 113 cm³/mol. The molecule has 0 amide bonds. The van der Waals surface area contributed by atoms with Crippen LogP contribution in [-0.2, 0) is 9.36 Å². The van der Waals surface area contributed by atoms with Crippen LogP contribution in [0.25, 0.3) is 0 Å². The number of Topliss-reactive ketones (excluding diaryl/α,β-unsaturated/α-hetero) is 1. The van der Waals surface area contributed by atoms with Crippen LogP contribution in [0.3, 0.4) is 0 Å². The minimum absolute atomic E-state index is 0.0654. The molecule has 2 rings (SSSR count). The Kier molecular flexibility index (Phi) is 9.57. The van der Waals surface area contributed by atoms with Gasteiger partial charge in [-0.15, -0.1) is 0 Å². The first-order valence-electron chi connectivity index (χ1n) is 10.3. The van der Waals surface area contributed by atoms with Crippen molar-refractivity contribution in [3.63, 3.8) is 0 Å². The zero-order valence-electron chi connectivity index (χ0n) is 17.0. The molecule has 1 aliphatic carbocycles. The molecule has 3 N–H and O–H groups in total. The number of carbonyl (C=O) groups is 1. The zero-order chi connectivity index (χ0) is 21.3. The predicted octanol–water partition coefficient (Wildman–Crippen LogP) is 3.40. The van der Waals surface area contributed by atoms with Crippen LogP contribution in [-0.4, -0.2) is 52.5 Å². The van der Waals surface area contributed by atoms with E-state index in [1.165, 1.54) is 6.66 Å². The molecule has 162 valence electrons. The molecule has 1 fully saturated rings. The third-order valence-corrected chi connectivity index (χ3v) is 6.50. The zero-order valence-corrected chi connectivity index (χ0v) is 17.9. The van der Waals surface area contributed by atoms with E-state index in [-0.39, 0.29) is 30.6 Å². The quantitative estimate of drug-likeness (QED) is 0.270. The highest BCUT2D eigenvalue weighted by molar-refractivity contribution is 7.57. The molecular formula is C22H33O6P. The lowest BCUT2D eigenvalue weighted by atomic mass is 9.86. The van der Waals surface area contributed by atoms with Gasteiger partial charge < -0.3 is 19.8 Å². The van der Waals surface area contributed by atoms with Crippen molar-refractivity contribution in [3.05, 3.63) is 42.5 Å². The molecule has 0 radical (unpaired) electrons. The van der Waals surface area contributed by atoms with E-state index >= 15 is 0 Å². The smallest absolute Gasteiger partial charge is 0.197 e. The summed E-state index contributed by atoms with van der Waals surface area (Å²) >= 11 is 0. The van der Waals surface area contributed by atoms with E-state index in [0.717, 1.165) is 0 Å². The van der Waals surface area contributed by atoms with Gasteiger partial charge in [0.15, 0.2) is 7.37 Å². The molecule has 1 unspecified atom stereocenters. The van der Waals surface area contributed by atoms with Crippen LogP contribution >= 0.6 is 7.37 Å². The van der Waals surface area contributed by atoms with Gasteiger partial charge in [-0.05, 0) is 50.2 Å². The lowest BCUT2D eigenvalue weighted by Gasteiger charge is -2.21. The van der Waals surface area contributed by atoms with Gasteiger partial charge >= 0.3 is 0 Å². The summed E-state index contributed by atoms with van der Waals surface area (Å²) in [6.45, 7) is 1.54. The molecule has 0 saturated heterocycles.